The summed E-state index contributed by atoms with van der Waals surface area (Å²) in [4.78, 5) is 23.5. The number of carbonyl (C=O) groups excluding carboxylic acids is 2. The van der Waals surface area contributed by atoms with Crippen LogP contribution in [0.4, 0.5) is 13.2 Å². The molecular weight excluding hydrogens is 514 g/mol. The van der Waals surface area contributed by atoms with Gasteiger partial charge < -0.3 is 19.1 Å². The Morgan fingerprint density at radius 3 is 1.78 bits per heavy atom. The first-order valence-electron chi connectivity index (χ1n) is 11.0. The van der Waals surface area contributed by atoms with E-state index in [9.17, 15) is 27.3 Å². The first-order valence-corrected chi connectivity index (χ1v) is 12.4. The zero-order valence-electron chi connectivity index (χ0n) is 19.3. The van der Waals surface area contributed by atoms with E-state index in [-0.39, 0.29) is 24.5 Å². The average Bonchev–Trinajstić information content (AvgIpc) is 2.87. The number of para-hydroxylation sites is 2. The third kappa shape index (κ3) is 9.38. The van der Waals surface area contributed by atoms with E-state index < -0.39 is 38.6 Å². The van der Waals surface area contributed by atoms with E-state index in [1.54, 1.807) is 66.7 Å². The highest BCUT2D eigenvalue weighted by atomic mass is 31.2. The van der Waals surface area contributed by atoms with Gasteiger partial charge in [-0.15, -0.1) is 0 Å². The topological polar surface area (TPSA) is 100 Å². The highest BCUT2D eigenvalue weighted by molar-refractivity contribution is 7.49. The summed E-state index contributed by atoms with van der Waals surface area (Å²) in [6, 6.07) is 23.4. The maximum Gasteiger partial charge on any atom is 0.587 e. The van der Waals surface area contributed by atoms with Crippen LogP contribution < -0.4 is 14.4 Å². The molecule has 0 spiro atoms. The minimum absolute atomic E-state index is 0.0690. The molecule has 37 heavy (non-hydrogen) atoms. The molecule has 0 radical (unpaired) electrons. The molecule has 1 atom stereocenters. The summed E-state index contributed by atoms with van der Waals surface area (Å²) in [5, 5.41) is 2.73. The molecule has 196 valence electrons. The lowest BCUT2D eigenvalue weighted by molar-refractivity contribution is -0.202. The lowest BCUT2D eigenvalue weighted by Gasteiger charge is -2.21. The molecule has 0 aliphatic rings. The van der Waals surface area contributed by atoms with Gasteiger partial charge in [0.1, 0.15) is 17.5 Å². The Labute approximate surface area is 210 Å². The SMILES string of the molecule is O=C(OC(=O)C(F)(F)F)C(CCOP(=O)(Oc1ccccc1)Oc1ccccc1)NCc1ccccc1. The maximum atomic E-state index is 13.4. The average molecular weight is 537 g/mol. The van der Waals surface area contributed by atoms with Crippen molar-refractivity contribution in [3.05, 3.63) is 96.6 Å². The number of alkyl halides is 3. The van der Waals surface area contributed by atoms with Crippen LogP contribution in [0.5, 0.6) is 11.5 Å². The molecule has 0 saturated heterocycles. The van der Waals surface area contributed by atoms with Crippen molar-refractivity contribution in [3.63, 3.8) is 0 Å². The van der Waals surface area contributed by atoms with E-state index in [4.69, 9.17) is 13.6 Å². The van der Waals surface area contributed by atoms with E-state index in [1.807, 2.05) is 0 Å². The zero-order chi connectivity index (χ0) is 26.7. The molecular formula is C25H23F3NO7P. The summed E-state index contributed by atoms with van der Waals surface area (Å²) in [5.41, 5.74) is 0.717. The second-order valence-electron chi connectivity index (χ2n) is 7.50. The van der Waals surface area contributed by atoms with Crippen LogP contribution in [0.15, 0.2) is 91.0 Å². The minimum Gasteiger partial charge on any atom is -0.395 e. The predicted octanol–water partition coefficient (Wildman–Crippen LogP) is 5.45. The van der Waals surface area contributed by atoms with E-state index >= 15 is 0 Å². The molecule has 1 N–H and O–H groups in total. The van der Waals surface area contributed by atoms with Gasteiger partial charge in [0.2, 0.25) is 0 Å². The van der Waals surface area contributed by atoms with Crippen molar-refractivity contribution < 1.29 is 45.6 Å². The Hall–Kier alpha value is -3.66. The first kappa shape index (κ1) is 27.9. The van der Waals surface area contributed by atoms with Gasteiger partial charge in [0.25, 0.3) is 0 Å². The fraction of sp³-hybridized carbons (Fsp3) is 0.200. The fourth-order valence-corrected chi connectivity index (χ4v) is 4.17. The summed E-state index contributed by atoms with van der Waals surface area (Å²) >= 11 is 0. The highest BCUT2D eigenvalue weighted by Gasteiger charge is 2.43. The van der Waals surface area contributed by atoms with Crippen LogP contribution in [0.25, 0.3) is 0 Å². The van der Waals surface area contributed by atoms with Gasteiger partial charge >= 0.3 is 25.9 Å². The van der Waals surface area contributed by atoms with Gasteiger partial charge in [-0.2, -0.15) is 13.2 Å². The van der Waals surface area contributed by atoms with Crippen molar-refractivity contribution in [2.75, 3.05) is 6.61 Å². The van der Waals surface area contributed by atoms with Crippen molar-refractivity contribution in [3.8, 4) is 11.5 Å². The van der Waals surface area contributed by atoms with E-state index in [0.29, 0.717) is 5.56 Å². The highest BCUT2D eigenvalue weighted by Crippen LogP contribution is 2.49. The zero-order valence-corrected chi connectivity index (χ0v) is 20.2. The molecule has 1 unspecified atom stereocenters. The Morgan fingerprint density at radius 2 is 1.30 bits per heavy atom. The standard InChI is InChI=1S/C25H23F3NO7P/c26-25(27,28)24(31)34-23(30)22(29-18-19-10-4-1-5-11-19)16-17-33-37(32,35-20-12-6-2-7-13-20)36-21-14-8-3-9-15-21/h1-15,22,29H,16-18H2. The van der Waals surface area contributed by atoms with Gasteiger partial charge in [-0.25, -0.2) is 14.2 Å². The van der Waals surface area contributed by atoms with Gasteiger partial charge in [-0.05, 0) is 36.2 Å². The predicted molar refractivity (Wildman–Crippen MR) is 127 cm³/mol. The summed E-state index contributed by atoms with van der Waals surface area (Å²) in [6.45, 7) is -0.391. The van der Waals surface area contributed by atoms with Gasteiger partial charge in [0.05, 0.1) is 6.61 Å². The second-order valence-corrected chi connectivity index (χ2v) is 9.02. The molecule has 0 bridgehead atoms. The molecule has 8 nitrogen and oxygen atoms in total. The number of carbonyl (C=O) groups is 2. The quantitative estimate of drug-likeness (QED) is 0.185. The second kappa shape index (κ2) is 13.0. The number of benzene rings is 3. The van der Waals surface area contributed by atoms with Crippen molar-refractivity contribution in [1.82, 2.24) is 5.32 Å². The molecule has 0 aliphatic carbocycles. The molecule has 0 aromatic heterocycles. The Morgan fingerprint density at radius 1 is 0.811 bits per heavy atom. The Balaban J connectivity index is 1.71. The Kier molecular flexibility index (Phi) is 9.85. The molecule has 0 saturated carbocycles. The summed E-state index contributed by atoms with van der Waals surface area (Å²) in [5.74, 6) is -3.76. The van der Waals surface area contributed by atoms with Gasteiger partial charge in [-0.3, -0.25) is 4.52 Å². The van der Waals surface area contributed by atoms with Gasteiger partial charge in [0.15, 0.2) is 0 Å². The third-order valence-electron chi connectivity index (χ3n) is 4.68. The van der Waals surface area contributed by atoms with Crippen molar-refractivity contribution in [2.24, 2.45) is 0 Å². The number of halogens is 3. The molecule has 0 heterocycles. The van der Waals surface area contributed by atoms with Crippen molar-refractivity contribution >= 4 is 19.8 Å². The number of hydrogen-bond acceptors (Lipinski definition) is 8. The smallest absolute Gasteiger partial charge is 0.395 e. The maximum absolute atomic E-state index is 13.4. The van der Waals surface area contributed by atoms with Crippen LogP contribution in [-0.2, 0) is 30.0 Å². The lowest BCUT2D eigenvalue weighted by Crippen LogP contribution is -2.41. The normalized spacial score (nSPS) is 12.4. The van der Waals surface area contributed by atoms with Crippen LogP contribution >= 0.6 is 7.82 Å². The number of ether oxygens (including phenoxy) is 1. The third-order valence-corrected chi connectivity index (χ3v) is 6.05. The molecule has 0 fully saturated rings. The number of hydrogen-bond donors (Lipinski definition) is 1. The summed E-state index contributed by atoms with van der Waals surface area (Å²) in [7, 11) is -4.31. The molecule has 3 aromatic carbocycles. The van der Waals surface area contributed by atoms with Crippen molar-refractivity contribution in [2.45, 2.75) is 25.2 Å². The van der Waals surface area contributed by atoms with Crippen molar-refractivity contribution in [1.29, 1.82) is 0 Å². The number of phosphoric acid groups is 1. The molecule has 3 aromatic rings. The van der Waals surface area contributed by atoms with E-state index in [1.165, 1.54) is 24.3 Å². The summed E-state index contributed by atoms with van der Waals surface area (Å²) in [6.07, 6.45) is -5.67. The van der Waals surface area contributed by atoms with Gasteiger partial charge in [0, 0.05) is 6.54 Å². The number of nitrogens with one attached hydrogen (secondary N) is 1. The molecule has 12 heteroatoms. The van der Waals surface area contributed by atoms with Crippen LogP contribution in [0.1, 0.15) is 12.0 Å². The number of phosphoric ester groups is 1. The first-order chi connectivity index (χ1) is 17.6. The van der Waals surface area contributed by atoms with Crippen LogP contribution in [0, 0.1) is 0 Å². The number of rotatable bonds is 12. The van der Waals surface area contributed by atoms with E-state index in [0.717, 1.165) is 0 Å². The number of esters is 2. The largest absolute Gasteiger partial charge is 0.587 e. The van der Waals surface area contributed by atoms with Crippen LogP contribution in [0.2, 0.25) is 0 Å². The van der Waals surface area contributed by atoms with Gasteiger partial charge in [-0.1, -0.05) is 66.7 Å². The minimum atomic E-state index is -5.35. The molecule has 0 aliphatic heterocycles. The fourth-order valence-electron chi connectivity index (χ4n) is 2.94. The Bertz CT molecular complexity index is 1150. The van der Waals surface area contributed by atoms with Crippen LogP contribution in [-0.4, -0.2) is 30.8 Å². The van der Waals surface area contributed by atoms with Crippen LogP contribution in [0.3, 0.4) is 0 Å². The monoisotopic (exact) mass is 537 g/mol. The van der Waals surface area contributed by atoms with E-state index in [2.05, 4.69) is 10.1 Å². The summed E-state index contributed by atoms with van der Waals surface area (Å²) < 4.78 is 71.5. The molecule has 3 rings (SSSR count). The molecule has 0 amide bonds. The lowest BCUT2D eigenvalue weighted by atomic mass is 10.2.